The summed E-state index contributed by atoms with van der Waals surface area (Å²) in [6.45, 7) is 0.726. The molecule has 6 nitrogen and oxygen atoms in total. The van der Waals surface area contributed by atoms with Gasteiger partial charge in [0.1, 0.15) is 0 Å². The van der Waals surface area contributed by atoms with Crippen LogP contribution >= 0.6 is 0 Å². The maximum Gasteiger partial charge on any atom is 0.308 e. The molecule has 2 rings (SSSR count). The van der Waals surface area contributed by atoms with Gasteiger partial charge in [0, 0.05) is 31.8 Å². The van der Waals surface area contributed by atoms with Crippen LogP contribution in [0.25, 0.3) is 6.08 Å². The van der Waals surface area contributed by atoms with Crippen LogP contribution in [0.4, 0.5) is 0 Å². The second-order valence-corrected chi connectivity index (χ2v) is 5.14. The maximum absolute atomic E-state index is 12.0. The number of likely N-dealkylation sites (tertiary alicyclic amines) is 1. The number of nitrogens with zero attached hydrogens (tertiary/aromatic N) is 1. The van der Waals surface area contributed by atoms with Gasteiger partial charge in [-0.3, -0.25) is 14.4 Å². The fraction of sp³-hybridized carbons (Fsp3) is 0.312. The van der Waals surface area contributed by atoms with E-state index < -0.39 is 11.9 Å². The van der Waals surface area contributed by atoms with Crippen molar-refractivity contribution >= 4 is 23.9 Å². The van der Waals surface area contributed by atoms with Gasteiger partial charge in [-0.2, -0.15) is 0 Å². The first-order chi connectivity index (χ1) is 10.5. The summed E-state index contributed by atoms with van der Waals surface area (Å²) in [5, 5.41) is 11.5. The van der Waals surface area contributed by atoms with Crippen LogP contribution < -0.4 is 5.32 Å². The molecule has 1 aromatic carbocycles. The van der Waals surface area contributed by atoms with E-state index in [9.17, 15) is 14.4 Å². The minimum Gasteiger partial charge on any atom is -0.481 e. The summed E-state index contributed by atoms with van der Waals surface area (Å²) in [5.41, 5.74) is 1.35. The Morgan fingerprint density at radius 2 is 1.95 bits per heavy atom. The zero-order valence-electron chi connectivity index (χ0n) is 12.3. The van der Waals surface area contributed by atoms with E-state index in [1.54, 1.807) is 37.4 Å². The van der Waals surface area contributed by atoms with Crippen molar-refractivity contribution in [2.24, 2.45) is 5.92 Å². The average molecular weight is 302 g/mol. The third-order valence-electron chi connectivity index (χ3n) is 3.67. The molecule has 6 heteroatoms. The highest BCUT2D eigenvalue weighted by molar-refractivity contribution is 5.95. The average Bonchev–Trinajstić information content (AvgIpc) is 3.02. The Labute approximate surface area is 128 Å². The first-order valence-electron chi connectivity index (χ1n) is 7.03. The fourth-order valence-electron chi connectivity index (χ4n) is 2.32. The van der Waals surface area contributed by atoms with Gasteiger partial charge in [0.05, 0.1) is 5.92 Å². The maximum atomic E-state index is 12.0. The van der Waals surface area contributed by atoms with Gasteiger partial charge < -0.3 is 15.3 Å². The number of amides is 2. The molecule has 1 saturated heterocycles. The van der Waals surface area contributed by atoms with Crippen LogP contribution in [0.3, 0.4) is 0 Å². The Balaban J connectivity index is 1.95. The number of rotatable bonds is 4. The number of benzene rings is 1. The molecule has 0 aliphatic carbocycles. The monoisotopic (exact) mass is 302 g/mol. The standard InChI is InChI=1S/C16H18N2O4/c1-17-15(20)12-5-2-11(3-6-12)4-7-14(19)18-9-8-13(10-18)16(21)22/h2-7,13H,8-10H2,1H3,(H,17,20)(H,21,22). The molecule has 1 unspecified atom stereocenters. The summed E-state index contributed by atoms with van der Waals surface area (Å²) in [7, 11) is 1.56. The molecule has 0 bridgehead atoms. The van der Waals surface area contributed by atoms with E-state index in [1.807, 2.05) is 0 Å². The number of carboxylic acids is 1. The van der Waals surface area contributed by atoms with Gasteiger partial charge in [0.25, 0.3) is 5.91 Å². The van der Waals surface area contributed by atoms with Gasteiger partial charge in [0.15, 0.2) is 0 Å². The lowest BCUT2D eigenvalue weighted by atomic mass is 10.1. The second-order valence-electron chi connectivity index (χ2n) is 5.14. The quantitative estimate of drug-likeness (QED) is 0.812. The Hall–Kier alpha value is -2.63. The van der Waals surface area contributed by atoms with Crippen molar-refractivity contribution in [3.05, 3.63) is 41.5 Å². The van der Waals surface area contributed by atoms with Gasteiger partial charge in [-0.15, -0.1) is 0 Å². The largest absolute Gasteiger partial charge is 0.481 e. The molecule has 0 radical (unpaired) electrons. The highest BCUT2D eigenvalue weighted by Crippen LogP contribution is 2.17. The lowest BCUT2D eigenvalue weighted by molar-refractivity contribution is -0.141. The molecule has 1 aliphatic heterocycles. The lowest BCUT2D eigenvalue weighted by Crippen LogP contribution is -2.28. The summed E-state index contributed by atoms with van der Waals surface area (Å²) in [4.78, 5) is 35.8. The molecular formula is C16H18N2O4. The Morgan fingerprint density at radius 1 is 1.27 bits per heavy atom. The van der Waals surface area contributed by atoms with Crippen molar-refractivity contribution in [1.29, 1.82) is 0 Å². The van der Waals surface area contributed by atoms with Gasteiger partial charge in [-0.05, 0) is 30.2 Å². The van der Waals surface area contributed by atoms with Crippen LogP contribution in [0.5, 0.6) is 0 Å². The minimum atomic E-state index is -0.857. The van der Waals surface area contributed by atoms with Gasteiger partial charge in [-0.25, -0.2) is 0 Å². The van der Waals surface area contributed by atoms with Crippen molar-refractivity contribution < 1.29 is 19.5 Å². The van der Waals surface area contributed by atoms with E-state index >= 15 is 0 Å². The molecule has 1 aromatic rings. The topological polar surface area (TPSA) is 86.7 Å². The number of nitrogens with one attached hydrogen (secondary N) is 1. The molecule has 2 N–H and O–H groups in total. The molecule has 116 valence electrons. The minimum absolute atomic E-state index is 0.164. The summed E-state index contributed by atoms with van der Waals surface area (Å²) in [5.74, 6) is -1.68. The van der Waals surface area contributed by atoms with E-state index in [4.69, 9.17) is 5.11 Å². The molecule has 1 aliphatic rings. The highest BCUT2D eigenvalue weighted by atomic mass is 16.4. The normalized spacial score (nSPS) is 17.7. The van der Waals surface area contributed by atoms with Crippen LogP contribution in [-0.2, 0) is 9.59 Å². The molecule has 0 spiro atoms. The van der Waals surface area contributed by atoms with Gasteiger partial charge in [0.2, 0.25) is 5.91 Å². The number of carboxylic acid groups (broad SMARTS) is 1. The molecule has 1 atom stereocenters. The SMILES string of the molecule is CNC(=O)c1ccc(C=CC(=O)N2CCC(C(=O)O)C2)cc1. The molecule has 1 heterocycles. The Bertz CT molecular complexity index is 607. The van der Waals surface area contributed by atoms with Crippen molar-refractivity contribution in [3.63, 3.8) is 0 Å². The Kier molecular flexibility index (Phi) is 4.93. The van der Waals surface area contributed by atoms with E-state index in [-0.39, 0.29) is 18.4 Å². The molecule has 22 heavy (non-hydrogen) atoms. The molecule has 0 saturated carbocycles. The number of carbonyl (C=O) groups excluding carboxylic acids is 2. The third-order valence-corrected chi connectivity index (χ3v) is 3.67. The van der Waals surface area contributed by atoms with Crippen LogP contribution in [0.1, 0.15) is 22.3 Å². The fourth-order valence-corrected chi connectivity index (χ4v) is 2.32. The number of aliphatic carboxylic acids is 1. The van der Waals surface area contributed by atoms with E-state index in [0.29, 0.717) is 18.5 Å². The predicted molar refractivity (Wildman–Crippen MR) is 81.2 cm³/mol. The van der Waals surface area contributed by atoms with Gasteiger partial charge >= 0.3 is 5.97 Å². The zero-order chi connectivity index (χ0) is 16.1. The van der Waals surface area contributed by atoms with Crippen LogP contribution in [0, 0.1) is 5.92 Å². The third kappa shape index (κ3) is 3.72. The predicted octanol–water partition coefficient (Wildman–Crippen LogP) is 0.992. The van der Waals surface area contributed by atoms with Crippen molar-refractivity contribution in [1.82, 2.24) is 10.2 Å². The summed E-state index contributed by atoms with van der Waals surface area (Å²) >= 11 is 0. The zero-order valence-corrected chi connectivity index (χ0v) is 12.3. The highest BCUT2D eigenvalue weighted by Gasteiger charge is 2.29. The number of carbonyl (C=O) groups is 3. The first kappa shape index (κ1) is 15.8. The second kappa shape index (κ2) is 6.89. The molecular weight excluding hydrogens is 284 g/mol. The summed E-state index contributed by atoms with van der Waals surface area (Å²) in [6.07, 6.45) is 3.58. The number of hydrogen-bond donors (Lipinski definition) is 2. The smallest absolute Gasteiger partial charge is 0.308 e. The van der Waals surface area contributed by atoms with Gasteiger partial charge in [-0.1, -0.05) is 12.1 Å². The van der Waals surface area contributed by atoms with E-state index in [2.05, 4.69) is 5.32 Å². The van der Waals surface area contributed by atoms with Crippen LogP contribution in [0.2, 0.25) is 0 Å². The van der Waals surface area contributed by atoms with Crippen LogP contribution in [0.15, 0.2) is 30.3 Å². The molecule has 1 fully saturated rings. The lowest BCUT2D eigenvalue weighted by Gasteiger charge is -2.12. The van der Waals surface area contributed by atoms with E-state index in [1.165, 1.54) is 11.0 Å². The first-order valence-corrected chi connectivity index (χ1v) is 7.03. The summed E-state index contributed by atoms with van der Waals surface area (Å²) in [6, 6.07) is 6.86. The summed E-state index contributed by atoms with van der Waals surface area (Å²) < 4.78 is 0. The molecule has 2 amide bonds. The Morgan fingerprint density at radius 3 is 2.50 bits per heavy atom. The number of hydrogen-bond acceptors (Lipinski definition) is 3. The van der Waals surface area contributed by atoms with Crippen LogP contribution in [-0.4, -0.2) is 47.9 Å². The van der Waals surface area contributed by atoms with Crippen molar-refractivity contribution in [3.8, 4) is 0 Å². The molecule has 0 aromatic heterocycles. The van der Waals surface area contributed by atoms with E-state index in [0.717, 1.165) is 5.56 Å². The van der Waals surface area contributed by atoms with Crippen molar-refractivity contribution in [2.45, 2.75) is 6.42 Å². The van der Waals surface area contributed by atoms with Crippen molar-refractivity contribution in [2.75, 3.05) is 20.1 Å².